The van der Waals surface area contributed by atoms with E-state index in [-0.39, 0.29) is 18.1 Å². The Morgan fingerprint density at radius 3 is 0.650 bits per heavy atom. The van der Waals surface area contributed by atoms with Gasteiger partial charge < -0.3 is 77.1 Å². The Kier molecular flexibility index (Phi) is 60.7. The predicted molar refractivity (Wildman–Crippen MR) is 412 cm³/mol. The van der Waals surface area contributed by atoms with E-state index in [0.29, 0.717) is 67.6 Å². The van der Waals surface area contributed by atoms with Crippen molar-refractivity contribution in [3.05, 3.63) is 0 Å². The van der Waals surface area contributed by atoms with Gasteiger partial charge in [0.25, 0.3) is 0 Å². The summed E-state index contributed by atoms with van der Waals surface area (Å²) in [5, 5.41) is 0. The van der Waals surface area contributed by atoms with Crippen LogP contribution in [-0.2, 0) is 57.1 Å². The van der Waals surface area contributed by atoms with E-state index >= 15 is 0 Å². The first kappa shape index (κ1) is 95.4. The van der Waals surface area contributed by atoms with E-state index in [0.717, 1.165) is 182 Å². The Morgan fingerprint density at radius 1 is 0.210 bits per heavy atom. The summed E-state index contributed by atoms with van der Waals surface area (Å²) in [7, 11) is 0. The number of carbonyl (C=O) groups is 4. The molecule has 0 unspecified atom stereocenters. The molecule has 0 aromatic rings. The Bertz CT molecular complexity index is 1900. The highest BCUT2D eigenvalue weighted by atomic mass is 16.5. The normalized spacial score (nSPS) is 18.8. The zero-order valence-electron chi connectivity index (χ0n) is 67.9. The van der Waals surface area contributed by atoms with Crippen molar-refractivity contribution in [2.45, 2.75) is 314 Å². The summed E-state index contributed by atoms with van der Waals surface area (Å²) in [6, 6.07) is 0. The molecule has 8 aliphatic heterocycles. The zero-order chi connectivity index (χ0) is 74.0. The molecule has 0 aromatic carbocycles. The number of rotatable bonds is 36. The van der Waals surface area contributed by atoms with Gasteiger partial charge in [0, 0.05) is 131 Å². The van der Waals surface area contributed by atoms with Crippen molar-refractivity contribution >= 4 is 23.6 Å². The van der Waals surface area contributed by atoms with E-state index in [2.05, 4.69) is 75.0 Å². The van der Waals surface area contributed by atoms with Crippen LogP contribution in [0.3, 0.4) is 0 Å². The molecule has 0 spiro atoms. The minimum atomic E-state index is 0.264. The van der Waals surface area contributed by atoms with Gasteiger partial charge in [0.15, 0.2) is 0 Å². The number of hydrogen-bond acceptors (Lipinski definition) is 16. The molecule has 8 rings (SSSR count). The van der Waals surface area contributed by atoms with Crippen molar-refractivity contribution in [2.75, 3.05) is 184 Å². The number of hydrogen-bond donors (Lipinski definition) is 0. The molecule has 4 amide bonds. The maximum absolute atomic E-state index is 11.4. The number of nitrogens with zero attached hydrogens (tertiary/aromatic N) is 8. The van der Waals surface area contributed by atoms with Crippen molar-refractivity contribution < 1.29 is 57.1 Å². The van der Waals surface area contributed by atoms with E-state index in [1.54, 1.807) is 0 Å². The van der Waals surface area contributed by atoms with Gasteiger partial charge >= 0.3 is 0 Å². The lowest BCUT2D eigenvalue weighted by Crippen LogP contribution is -2.37. The minimum Gasteiger partial charge on any atom is -0.379 e. The van der Waals surface area contributed by atoms with Crippen molar-refractivity contribution in [2.24, 2.45) is 0 Å². The molecule has 8 heterocycles. The Hall–Kier alpha value is -2.60. The Morgan fingerprint density at radius 2 is 0.400 bits per heavy atom. The summed E-state index contributed by atoms with van der Waals surface area (Å²) in [6.45, 7) is 61.5. The van der Waals surface area contributed by atoms with Gasteiger partial charge in [0.1, 0.15) is 0 Å². The lowest BCUT2D eigenvalue weighted by atomic mass is 10.1. The summed E-state index contributed by atoms with van der Waals surface area (Å²) in [5.41, 5.74) is 0. The Balaban J connectivity index is 0.000000572. The van der Waals surface area contributed by atoms with Crippen LogP contribution in [0.25, 0.3) is 0 Å². The summed E-state index contributed by atoms with van der Waals surface area (Å²) >= 11 is 0. The highest BCUT2D eigenvalue weighted by Gasteiger charge is 2.22. The van der Waals surface area contributed by atoms with Gasteiger partial charge in [-0.3, -0.25) is 19.2 Å². The molecule has 8 fully saturated rings. The maximum atomic E-state index is 11.4. The largest absolute Gasteiger partial charge is 0.379 e. The van der Waals surface area contributed by atoms with Crippen LogP contribution in [0.4, 0.5) is 0 Å². The third-order valence-electron chi connectivity index (χ3n) is 18.0. The molecule has 0 aliphatic carbocycles. The lowest BCUT2D eigenvalue weighted by Gasteiger charge is -2.26. The van der Waals surface area contributed by atoms with Crippen LogP contribution in [0.2, 0.25) is 0 Å². The molecule has 0 atom stereocenters. The molecule has 20 nitrogen and oxygen atoms in total. The topological polar surface area (TPSA) is 168 Å². The molecule has 0 aromatic heterocycles. The van der Waals surface area contributed by atoms with Gasteiger partial charge in [-0.25, -0.2) is 0 Å². The first-order valence-corrected chi connectivity index (χ1v) is 40.9. The van der Waals surface area contributed by atoms with Crippen LogP contribution >= 0.6 is 0 Å². The number of carbonyl (C=O) groups excluding carboxylic acids is 4. The maximum Gasteiger partial charge on any atom is 0.222 e. The molecular formula is C80H160N8O12. The number of amides is 4. The van der Waals surface area contributed by atoms with Crippen LogP contribution in [0.5, 0.6) is 0 Å². The van der Waals surface area contributed by atoms with Gasteiger partial charge in [0.05, 0.1) is 75.3 Å². The minimum absolute atomic E-state index is 0.264. The second kappa shape index (κ2) is 63.7. The average molecular weight is 1430 g/mol. The first-order chi connectivity index (χ1) is 47.9. The van der Waals surface area contributed by atoms with Gasteiger partial charge in [0.2, 0.25) is 23.6 Å². The van der Waals surface area contributed by atoms with Crippen molar-refractivity contribution in [1.29, 1.82) is 0 Å². The molecule has 0 bridgehead atoms. The van der Waals surface area contributed by atoms with Gasteiger partial charge in [-0.15, -0.1) is 0 Å². The van der Waals surface area contributed by atoms with E-state index in [1.807, 2.05) is 75.0 Å². The second-order valence-electron chi connectivity index (χ2n) is 30.3. The Labute approximate surface area is 614 Å². The van der Waals surface area contributed by atoms with Crippen LogP contribution in [0.1, 0.15) is 265 Å². The van der Waals surface area contributed by atoms with E-state index in [1.165, 1.54) is 142 Å². The molecule has 8 aliphatic rings. The number of piperidine rings is 4. The first-order valence-electron chi connectivity index (χ1n) is 40.9. The highest BCUT2D eigenvalue weighted by Crippen LogP contribution is 2.15. The number of likely N-dealkylation sites (tertiary alicyclic amines) is 8. The zero-order valence-corrected chi connectivity index (χ0v) is 67.9. The van der Waals surface area contributed by atoms with Crippen molar-refractivity contribution in [1.82, 2.24) is 39.2 Å². The highest BCUT2D eigenvalue weighted by molar-refractivity contribution is 5.78. The number of ether oxygens (including phenoxy) is 8. The SMILES string of the molecule is CC(C)OCCCN1CCCC1.CC(C)OCCCN1CCCC1=O.CC(C)OCCCN1CCCCC1.CC(C)OCCCN1CCCCC1=O.CC(C)OCCN1CCCC1.CC(C)OCCN1CCCC1=O.CC(C)OCCN1CCCCC1.CC(C)OCCN1CCCCC1=O. The third kappa shape index (κ3) is 57.7. The fourth-order valence-corrected chi connectivity index (χ4v) is 12.5. The van der Waals surface area contributed by atoms with Crippen LogP contribution in [0.15, 0.2) is 0 Å². The summed E-state index contributed by atoms with van der Waals surface area (Å²) in [6.07, 6.45) is 30.3. The fourth-order valence-electron chi connectivity index (χ4n) is 12.5. The van der Waals surface area contributed by atoms with Crippen LogP contribution in [0, 0.1) is 0 Å². The summed E-state index contributed by atoms with van der Waals surface area (Å²) in [5.74, 6) is 1.20. The standard InChI is InChI=1S/C11H21NO2.C11H23NO.2C10H19NO2.2C10H21NO.C9H17NO2.C9H19NO/c1-10(2)14-9-5-8-12-7-4-3-6-11(12)13;1-11(2)13-10-6-9-12-7-4-3-5-8-12;1-9(2)13-8-4-7-11-6-3-5-10(11)12;1-9(2)13-8-7-11-6-4-3-5-10(11)12;1-10(2)12-9-5-8-11-6-3-4-7-11;1-10(2)12-9-8-11-6-4-3-5-7-11;1-8(2)12-7-6-10-5-3-4-9(10)11;1-9(2)11-8-7-10-5-3-4-6-10/h10H,3-9H2,1-2H3;11H,3-10H2,1-2H3;2*9H,3-8H2,1-2H3;2*10H,3-9H2,1-2H3;8H,3-7H2,1-2H3;9H,3-8H2,1-2H3. The van der Waals surface area contributed by atoms with Crippen LogP contribution in [-0.4, -0.2) is 295 Å². The average Bonchev–Trinajstić information content (AvgIpc) is 1.69. The molecule has 8 saturated heterocycles. The molecular weight excluding hydrogens is 1260 g/mol. The molecule has 0 N–H and O–H groups in total. The van der Waals surface area contributed by atoms with E-state index in [9.17, 15) is 19.2 Å². The van der Waals surface area contributed by atoms with Crippen LogP contribution < -0.4 is 0 Å². The molecule has 20 heteroatoms. The smallest absolute Gasteiger partial charge is 0.222 e. The van der Waals surface area contributed by atoms with Crippen molar-refractivity contribution in [3.8, 4) is 0 Å². The van der Waals surface area contributed by atoms with E-state index < -0.39 is 0 Å². The van der Waals surface area contributed by atoms with Crippen molar-refractivity contribution in [3.63, 3.8) is 0 Å². The van der Waals surface area contributed by atoms with E-state index in [4.69, 9.17) is 37.9 Å². The predicted octanol–water partition coefficient (Wildman–Crippen LogP) is 13.3. The summed E-state index contributed by atoms with van der Waals surface area (Å²) < 4.78 is 43.5. The molecule has 0 radical (unpaired) electrons. The lowest BCUT2D eigenvalue weighted by molar-refractivity contribution is -0.134. The monoisotopic (exact) mass is 1430 g/mol. The molecule has 592 valence electrons. The molecule has 0 saturated carbocycles. The fraction of sp³-hybridized carbons (Fsp3) is 0.950. The molecule has 100 heavy (non-hydrogen) atoms. The van der Waals surface area contributed by atoms with Gasteiger partial charge in [-0.2, -0.15) is 0 Å². The summed E-state index contributed by atoms with van der Waals surface area (Å²) in [4.78, 5) is 62.8. The second-order valence-corrected chi connectivity index (χ2v) is 30.3. The van der Waals surface area contributed by atoms with Gasteiger partial charge in [-0.1, -0.05) is 12.8 Å². The van der Waals surface area contributed by atoms with Gasteiger partial charge in [-0.05, 0) is 279 Å². The third-order valence-corrected chi connectivity index (χ3v) is 18.0. The quantitative estimate of drug-likeness (QED) is 0.0543.